The van der Waals surface area contributed by atoms with Gasteiger partial charge in [0.1, 0.15) is 0 Å². The molecule has 0 atom stereocenters. The van der Waals surface area contributed by atoms with Crippen molar-refractivity contribution in [3.63, 3.8) is 0 Å². The molecule has 92 valence electrons. The average Bonchev–Trinajstić information content (AvgIpc) is 2.37. The molecule has 1 N–H and O–H groups in total. The number of benzene rings is 2. The van der Waals surface area contributed by atoms with Crippen LogP contribution in [0.25, 0.3) is 0 Å². The second-order valence-corrected chi connectivity index (χ2v) is 4.64. The lowest BCUT2D eigenvalue weighted by Crippen LogP contribution is -2.00. The van der Waals surface area contributed by atoms with E-state index in [-0.39, 0.29) is 0 Å². The summed E-state index contributed by atoms with van der Waals surface area (Å²) < 4.78 is 0. The molecule has 0 spiro atoms. The largest absolute Gasteiger partial charge is 0.278 e. The summed E-state index contributed by atoms with van der Waals surface area (Å²) in [5.41, 5.74) is 5.58. The molecular formula is C14H12Cl2N2. The minimum absolute atomic E-state index is 0.596. The maximum absolute atomic E-state index is 6.11. The fraction of sp³-hybridized carbons (Fsp3) is 0.0714. The Kier molecular flexibility index (Phi) is 4.24. The number of para-hydroxylation sites is 1. The van der Waals surface area contributed by atoms with Crippen molar-refractivity contribution in [1.29, 1.82) is 0 Å². The van der Waals surface area contributed by atoms with Crippen LogP contribution in [-0.2, 0) is 0 Å². The Morgan fingerprint density at radius 2 is 1.78 bits per heavy atom. The number of nitrogens with zero attached hydrogens (tertiary/aromatic N) is 1. The third-order valence-corrected chi connectivity index (χ3v) is 3.00. The Morgan fingerprint density at radius 3 is 2.44 bits per heavy atom. The molecule has 2 nitrogen and oxygen atoms in total. The van der Waals surface area contributed by atoms with Crippen LogP contribution in [0.1, 0.15) is 12.5 Å². The van der Waals surface area contributed by atoms with Gasteiger partial charge in [0.05, 0.1) is 16.4 Å². The highest BCUT2D eigenvalue weighted by molar-refractivity contribution is 6.37. The van der Waals surface area contributed by atoms with Crippen molar-refractivity contribution in [3.05, 3.63) is 64.1 Å². The summed E-state index contributed by atoms with van der Waals surface area (Å²) in [6, 6.07) is 15.1. The lowest BCUT2D eigenvalue weighted by atomic mass is 10.1. The van der Waals surface area contributed by atoms with Crippen molar-refractivity contribution in [2.24, 2.45) is 5.10 Å². The molecule has 4 heteroatoms. The molecule has 0 saturated carbocycles. The van der Waals surface area contributed by atoms with Crippen molar-refractivity contribution in [1.82, 2.24) is 0 Å². The average molecular weight is 279 g/mol. The first-order valence-corrected chi connectivity index (χ1v) is 6.23. The van der Waals surface area contributed by atoms with Gasteiger partial charge in [-0.05, 0) is 31.2 Å². The molecule has 18 heavy (non-hydrogen) atoms. The topological polar surface area (TPSA) is 24.4 Å². The van der Waals surface area contributed by atoms with E-state index in [1.807, 2.05) is 43.3 Å². The van der Waals surface area contributed by atoms with E-state index in [0.29, 0.717) is 10.0 Å². The monoisotopic (exact) mass is 278 g/mol. The Bertz CT molecular complexity index is 565. The Labute approximate surface area is 116 Å². The highest BCUT2D eigenvalue weighted by Gasteiger charge is 2.04. The second-order valence-electron chi connectivity index (χ2n) is 3.80. The fourth-order valence-electron chi connectivity index (χ4n) is 1.50. The van der Waals surface area contributed by atoms with Crippen LogP contribution in [0.5, 0.6) is 0 Å². The van der Waals surface area contributed by atoms with Gasteiger partial charge in [0.25, 0.3) is 0 Å². The van der Waals surface area contributed by atoms with Crippen molar-refractivity contribution in [3.8, 4) is 0 Å². The number of rotatable bonds is 3. The fourth-order valence-corrected chi connectivity index (χ4v) is 2.05. The van der Waals surface area contributed by atoms with Gasteiger partial charge in [-0.25, -0.2) is 0 Å². The first-order chi connectivity index (χ1) is 8.66. The molecule has 0 saturated heterocycles. The molecule has 0 unspecified atom stereocenters. The first kappa shape index (κ1) is 12.9. The van der Waals surface area contributed by atoms with Crippen LogP contribution in [0.15, 0.2) is 53.6 Å². The number of hydrogen-bond acceptors (Lipinski definition) is 2. The summed E-state index contributed by atoms with van der Waals surface area (Å²) >= 11 is 12.0. The maximum Gasteiger partial charge on any atom is 0.0663 e. The zero-order valence-corrected chi connectivity index (χ0v) is 11.3. The van der Waals surface area contributed by atoms with Gasteiger partial charge in [-0.1, -0.05) is 47.5 Å². The number of halogens is 2. The minimum atomic E-state index is 0.596. The van der Waals surface area contributed by atoms with E-state index >= 15 is 0 Å². The number of nitrogens with one attached hydrogen (secondary N) is 1. The van der Waals surface area contributed by atoms with Crippen LogP contribution in [0.4, 0.5) is 5.69 Å². The van der Waals surface area contributed by atoms with Crippen molar-refractivity contribution < 1.29 is 0 Å². The number of anilines is 1. The van der Waals surface area contributed by atoms with Crippen molar-refractivity contribution in [2.45, 2.75) is 6.92 Å². The zero-order chi connectivity index (χ0) is 13.0. The van der Waals surface area contributed by atoms with Gasteiger partial charge in [0.2, 0.25) is 0 Å². The highest BCUT2D eigenvalue weighted by atomic mass is 35.5. The summed E-state index contributed by atoms with van der Waals surface area (Å²) in [7, 11) is 0. The normalized spacial score (nSPS) is 11.4. The number of hydrogen-bond donors (Lipinski definition) is 1. The van der Waals surface area contributed by atoms with Crippen LogP contribution >= 0.6 is 23.2 Å². The van der Waals surface area contributed by atoms with Crippen LogP contribution in [-0.4, -0.2) is 5.71 Å². The third-order valence-electron chi connectivity index (χ3n) is 2.45. The standard InChI is InChI=1S/C14H12Cl2N2/c1-10(13-8-7-11(15)9-14(13)16)17-18-12-5-3-2-4-6-12/h2-9,18H,1H3/b17-10-. The summed E-state index contributed by atoms with van der Waals surface area (Å²) in [6.07, 6.45) is 0. The van der Waals surface area contributed by atoms with E-state index in [9.17, 15) is 0 Å². The van der Waals surface area contributed by atoms with Crippen LogP contribution in [0.2, 0.25) is 10.0 Å². The third kappa shape index (κ3) is 3.25. The Morgan fingerprint density at radius 1 is 1.06 bits per heavy atom. The molecule has 2 rings (SSSR count). The second kappa shape index (κ2) is 5.89. The first-order valence-electron chi connectivity index (χ1n) is 5.47. The van der Waals surface area contributed by atoms with Gasteiger partial charge in [-0.15, -0.1) is 0 Å². The van der Waals surface area contributed by atoms with Crippen molar-refractivity contribution >= 4 is 34.6 Å². The molecule has 0 aliphatic carbocycles. The summed E-state index contributed by atoms with van der Waals surface area (Å²) in [5.74, 6) is 0. The molecule has 0 bridgehead atoms. The van der Waals surface area contributed by atoms with Gasteiger partial charge < -0.3 is 0 Å². The van der Waals surface area contributed by atoms with Crippen LogP contribution in [0, 0.1) is 0 Å². The van der Waals surface area contributed by atoms with Crippen LogP contribution in [0.3, 0.4) is 0 Å². The molecule has 0 aromatic heterocycles. The number of hydrazone groups is 1. The van der Waals surface area contributed by atoms with E-state index in [1.54, 1.807) is 12.1 Å². The summed E-state index contributed by atoms with van der Waals surface area (Å²) in [5, 5.41) is 5.51. The van der Waals surface area contributed by atoms with E-state index < -0.39 is 0 Å². The molecule has 0 aliphatic rings. The van der Waals surface area contributed by atoms with Gasteiger partial charge in [-0.2, -0.15) is 5.10 Å². The summed E-state index contributed by atoms with van der Waals surface area (Å²) in [6.45, 7) is 1.89. The molecule has 0 amide bonds. The zero-order valence-electron chi connectivity index (χ0n) is 9.82. The van der Waals surface area contributed by atoms with Gasteiger partial charge in [-0.3, -0.25) is 5.43 Å². The lowest BCUT2D eigenvalue weighted by molar-refractivity contribution is 1.32. The highest BCUT2D eigenvalue weighted by Crippen LogP contribution is 2.21. The quantitative estimate of drug-likeness (QED) is 0.631. The maximum atomic E-state index is 6.11. The SMILES string of the molecule is C/C(=N/Nc1ccccc1)c1ccc(Cl)cc1Cl. The molecule has 0 fully saturated rings. The molecule has 2 aromatic rings. The van der Waals surface area contributed by atoms with Gasteiger partial charge >= 0.3 is 0 Å². The molecule has 2 aromatic carbocycles. The van der Waals surface area contributed by atoms with E-state index in [2.05, 4.69) is 10.5 Å². The predicted octanol–water partition coefficient (Wildman–Crippen LogP) is 4.83. The Hall–Kier alpha value is -1.51. The molecule has 0 aliphatic heterocycles. The summed E-state index contributed by atoms with van der Waals surface area (Å²) in [4.78, 5) is 0. The smallest absolute Gasteiger partial charge is 0.0663 e. The van der Waals surface area contributed by atoms with E-state index in [1.165, 1.54) is 0 Å². The minimum Gasteiger partial charge on any atom is -0.278 e. The molecule has 0 radical (unpaired) electrons. The van der Waals surface area contributed by atoms with Gasteiger partial charge in [0, 0.05) is 10.6 Å². The van der Waals surface area contributed by atoms with Crippen molar-refractivity contribution in [2.75, 3.05) is 5.43 Å². The van der Waals surface area contributed by atoms with Crippen LogP contribution < -0.4 is 5.43 Å². The van der Waals surface area contributed by atoms with E-state index in [0.717, 1.165) is 17.0 Å². The Balaban J connectivity index is 2.18. The van der Waals surface area contributed by atoms with E-state index in [4.69, 9.17) is 23.2 Å². The molecular weight excluding hydrogens is 267 g/mol. The molecule has 0 heterocycles. The lowest BCUT2D eigenvalue weighted by Gasteiger charge is -2.05. The van der Waals surface area contributed by atoms with Gasteiger partial charge in [0.15, 0.2) is 0 Å². The predicted molar refractivity (Wildman–Crippen MR) is 78.7 cm³/mol.